The minimum atomic E-state index is -0.515. The summed E-state index contributed by atoms with van der Waals surface area (Å²) in [5, 5.41) is 2.97. The van der Waals surface area contributed by atoms with Gasteiger partial charge in [0.1, 0.15) is 18.1 Å². The molecule has 0 unspecified atom stereocenters. The molecule has 1 amide bonds. The van der Waals surface area contributed by atoms with Gasteiger partial charge in [-0.05, 0) is 69.5 Å². The first kappa shape index (κ1) is 19.8. The molecule has 0 saturated heterocycles. The summed E-state index contributed by atoms with van der Waals surface area (Å²) in [6.45, 7) is 10.4. The van der Waals surface area contributed by atoms with Gasteiger partial charge in [0.25, 0.3) is 5.91 Å². The van der Waals surface area contributed by atoms with Crippen molar-refractivity contribution >= 4 is 5.91 Å². The van der Waals surface area contributed by atoms with Crippen molar-refractivity contribution in [3.8, 4) is 11.5 Å². The lowest BCUT2D eigenvalue weighted by Gasteiger charge is -2.21. The molecule has 0 spiro atoms. The first-order chi connectivity index (χ1) is 12.4. The lowest BCUT2D eigenvalue weighted by atomic mass is 10.1. The van der Waals surface area contributed by atoms with Crippen molar-refractivity contribution in [2.75, 3.05) is 6.61 Å². The summed E-state index contributed by atoms with van der Waals surface area (Å²) >= 11 is 0. The Morgan fingerprint density at radius 2 is 1.65 bits per heavy atom. The van der Waals surface area contributed by atoms with E-state index in [0.29, 0.717) is 13.0 Å². The SMILES string of the molecule is CC[C@H](Oc1ccc(C)c(C)c1)C(=O)N[C@H](C)COc1ccc(C)cc1. The molecule has 0 saturated carbocycles. The van der Waals surface area contributed by atoms with Gasteiger partial charge in [-0.2, -0.15) is 0 Å². The molecule has 0 aliphatic heterocycles. The Morgan fingerprint density at radius 1 is 1.00 bits per heavy atom. The molecule has 26 heavy (non-hydrogen) atoms. The molecule has 0 aliphatic rings. The third kappa shape index (κ3) is 5.80. The van der Waals surface area contributed by atoms with Gasteiger partial charge < -0.3 is 14.8 Å². The second kappa shape index (κ2) is 9.27. The van der Waals surface area contributed by atoms with Crippen molar-refractivity contribution in [2.24, 2.45) is 0 Å². The maximum absolute atomic E-state index is 12.5. The number of hydrogen-bond acceptors (Lipinski definition) is 3. The third-order valence-corrected chi connectivity index (χ3v) is 4.33. The molecule has 4 nitrogen and oxygen atoms in total. The topological polar surface area (TPSA) is 47.6 Å². The number of nitrogens with one attached hydrogen (secondary N) is 1. The Balaban J connectivity index is 1.86. The number of rotatable bonds is 8. The number of carbonyl (C=O) groups excluding carboxylic acids is 1. The Morgan fingerprint density at radius 3 is 2.27 bits per heavy atom. The van der Waals surface area contributed by atoms with E-state index in [4.69, 9.17) is 9.47 Å². The van der Waals surface area contributed by atoms with Gasteiger partial charge in [-0.3, -0.25) is 4.79 Å². The summed E-state index contributed by atoms with van der Waals surface area (Å²) < 4.78 is 11.6. The summed E-state index contributed by atoms with van der Waals surface area (Å²) in [5.74, 6) is 1.40. The Hall–Kier alpha value is -2.49. The number of benzene rings is 2. The van der Waals surface area contributed by atoms with Gasteiger partial charge in [0.05, 0.1) is 6.04 Å². The fraction of sp³-hybridized carbons (Fsp3) is 0.409. The number of hydrogen-bond donors (Lipinski definition) is 1. The van der Waals surface area contributed by atoms with Crippen molar-refractivity contribution in [3.63, 3.8) is 0 Å². The van der Waals surface area contributed by atoms with Gasteiger partial charge in [0, 0.05) is 0 Å². The third-order valence-electron chi connectivity index (χ3n) is 4.33. The highest BCUT2D eigenvalue weighted by Crippen LogP contribution is 2.18. The quantitative estimate of drug-likeness (QED) is 0.766. The zero-order chi connectivity index (χ0) is 19.1. The highest BCUT2D eigenvalue weighted by atomic mass is 16.5. The lowest BCUT2D eigenvalue weighted by Crippen LogP contribution is -2.44. The fourth-order valence-electron chi connectivity index (χ4n) is 2.51. The van der Waals surface area contributed by atoms with E-state index in [2.05, 4.69) is 12.2 Å². The number of amides is 1. The Labute approximate surface area is 156 Å². The average molecular weight is 355 g/mol. The minimum Gasteiger partial charge on any atom is -0.491 e. The minimum absolute atomic E-state index is 0.110. The van der Waals surface area contributed by atoms with Crippen LogP contribution < -0.4 is 14.8 Å². The van der Waals surface area contributed by atoms with Gasteiger partial charge >= 0.3 is 0 Å². The molecule has 4 heteroatoms. The van der Waals surface area contributed by atoms with Crippen LogP contribution in [0.4, 0.5) is 0 Å². The monoisotopic (exact) mass is 355 g/mol. The van der Waals surface area contributed by atoms with Crippen LogP contribution in [-0.4, -0.2) is 24.7 Å². The van der Waals surface area contributed by atoms with Gasteiger partial charge in [-0.1, -0.05) is 30.7 Å². The van der Waals surface area contributed by atoms with E-state index in [1.807, 2.05) is 70.2 Å². The second-order valence-electron chi connectivity index (χ2n) is 6.79. The van der Waals surface area contributed by atoms with Crippen LogP contribution in [0.15, 0.2) is 42.5 Å². The summed E-state index contributed by atoms with van der Waals surface area (Å²) in [4.78, 5) is 12.5. The van der Waals surface area contributed by atoms with E-state index in [-0.39, 0.29) is 11.9 Å². The van der Waals surface area contributed by atoms with Crippen molar-refractivity contribution in [2.45, 2.75) is 53.2 Å². The van der Waals surface area contributed by atoms with E-state index >= 15 is 0 Å². The molecule has 2 rings (SSSR count). The molecule has 2 atom stereocenters. The van der Waals surface area contributed by atoms with Crippen molar-refractivity contribution < 1.29 is 14.3 Å². The number of aryl methyl sites for hydroxylation is 3. The highest BCUT2D eigenvalue weighted by molar-refractivity contribution is 5.81. The van der Waals surface area contributed by atoms with Gasteiger partial charge in [-0.25, -0.2) is 0 Å². The molecule has 0 radical (unpaired) electrons. The van der Waals surface area contributed by atoms with Crippen molar-refractivity contribution in [1.29, 1.82) is 0 Å². The van der Waals surface area contributed by atoms with E-state index in [1.54, 1.807) is 0 Å². The number of ether oxygens (including phenoxy) is 2. The van der Waals surface area contributed by atoms with Gasteiger partial charge in [-0.15, -0.1) is 0 Å². The largest absolute Gasteiger partial charge is 0.491 e. The summed E-state index contributed by atoms with van der Waals surface area (Å²) in [6.07, 6.45) is 0.0866. The molecular weight excluding hydrogens is 326 g/mol. The summed E-state index contributed by atoms with van der Waals surface area (Å²) in [7, 11) is 0. The molecule has 0 heterocycles. The molecule has 2 aromatic carbocycles. The standard InChI is InChI=1S/C22H29NO3/c1-6-21(26-20-12-9-16(3)17(4)13-20)22(24)23-18(5)14-25-19-10-7-15(2)8-11-19/h7-13,18,21H,6,14H2,1-5H3,(H,23,24)/t18-,21+/m1/s1. The molecule has 1 N–H and O–H groups in total. The van der Waals surface area contributed by atoms with Crippen LogP contribution in [0.2, 0.25) is 0 Å². The van der Waals surface area contributed by atoms with E-state index in [0.717, 1.165) is 17.1 Å². The van der Waals surface area contributed by atoms with Gasteiger partial charge in [0.2, 0.25) is 0 Å². The van der Waals surface area contributed by atoms with Crippen LogP contribution in [0.1, 0.15) is 37.0 Å². The average Bonchev–Trinajstić information content (AvgIpc) is 2.62. The molecule has 0 fully saturated rings. The summed E-state index contributed by atoms with van der Waals surface area (Å²) in [5.41, 5.74) is 3.54. The van der Waals surface area contributed by atoms with Crippen LogP contribution in [0.25, 0.3) is 0 Å². The van der Waals surface area contributed by atoms with E-state index in [9.17, 15) is 4.79 Å². The zero-order valence-electron chi connectivity index (χ0n) is 16.3. The van der Waals surface area contributed by atoms with E-state index in [1.165, 1.54) is 11.1 Å². The van der Waals surface area contributed by atoms with Crippen molar-refractivity contribution in [3.05, 3.63) is 59.2 Å². The molecular formula is C22H29NO3. The van der Waals surface area contributed by atoms with Gasteiger partial charge in [0.15, 0.2) is 6.10 Å². The van der Waals surface area contributed by atoms with Crippen molar-refractivity contribution in [1.82, 2.24) is 5.32 Å². The highest BCUT2D eigenvalue weighted by Gasteiger charge is 2.20. The molecule has 2 aromatic rings. The second-order valence-corrected chi connectivity index (χ2v) is 6.79. The number of carbonyl (C=O) groups is 1. The van der Waals surface area contributed by atoms with E-state index < -0.39 is 6.10 Å². The molecule has 140 valence electrons. The maximum Gasteiger partial charge on any atom is 0.261 e. The summed E-state index contributed by atoms with van der Waals surface area (Å²) in [6, 6.07) is 13.6. The Bertz CT molecular complexity index is 725. The normalized spacial score (nSPS) is 13.0. The molecule has 0 aliphatic carbocycles. The predicted molar refractivity (Wildman–Crippen MR) is 105 cm³/mol. The first-order valence-corrected chi connectivity index (χ1v) is 9.12. The molecule has 0 aromatic heterocycles. The van der Waals surface area contributed by atoms with Crippen LogP contribution in [0.5, 0.6) is 11.5 Å². The molecule has 0 bridgehead atoms. The zero-order valence-corrected chi connectivity index (χ0v) is 16.3. The maximum atomic E-state index is 12.5. The van der Waals surface area contributed by atoms with Crippen LogP contribution in [0.3, 0.4) is 0 Å². The Kier molecular flexibility index (Phi) is 7.07. The van der Waals surface area contributed by atoms with Crippen LogP contribution in [0, 0.1) is 20.8 Å². The smallest absolute Gasteiger partial charge is 0.261 e. The van der Waals surface area contributed by atoms with Crippen LogP contribution >= 0.6 is 0 Å². The first-order valence-electron chi connectivity index (χ1n) is 9.12. The van der Waals surface area contributed by atoms with Crippen LogP contribution in [-0.2, 0) is 4.79 Å². The fourth-order valence-corrected chi connectivity index (χ4v) is 2.51. The lowest BCUT2D eigenvalue weighted by molar-refractivity contribution is -0.128. The predicted octanol–water partition coefficient (Wildman–Crippen LogP) is 4.35.